The Morgan fingerprint density at radius 2 is 1.89 bits per heavy atom. The molecular weight excluding hydrogens is 680 g/mol. The van der Waals surface area contributed by atoms with Gasteiger partial charge in [-0.25, -0.2) is 15.2 Å². The van der Waals surface area contributed by atoms with Gasteiger partial charge in [0.2, 0.25) is 0 Å². The van der Waals surface area contributed by atoms with Crippen molar-refractivity contribution in [2.75, 3.05) is 26.8 Å². The van der Waals surface area contributed by atoms with Crippen LogP contribution in [0.1, 0.15) is 84.6 Å². The van der Waals surface area contributed by atoms with Gasteiger partial charge in [-0.1, -0.05) is 13.8 Å². The lowest BCUT2D eigenvalue weighted by Crippen LogP contribution is -2.56. The van der Waals surface area contributed by atoms with Crippen LogP contribution >= 0.6 is 0 Å². The van der Waals surface area contributed by atoms with E-state index < -0.39 is 23.2 Å². The molecule has 288 valence electrons. The predicted molar refractivity (Wildman–Crippen MR) is 201 cm³/mol. The van der Waals surface area contributed by atoms with Crippen molar-refractivity contribution in [1.29, 1.82) is 0 Å². The number of fused-ring (bicyclic) bond motifs is 1. The van der Waals surface area contributed by atoms with Crippen LogP contribution in [0.3, 0.4) is 0 Å². The van der Waals surface area contributed by atoms with Crippen molar-refractivity contribution in [3.05, 3.63) is 59.9 Å². The van der Waals surface area contributed by atoms with Crippen LogP contribution in [0.4, 0.5) is 4.79 Å². The highest BCUT2D eigenvalue weighted by atomic mass is 16.6. The third-order valence-corrected chi connectivity index (χ3v) is 8.98. The topological polar surface area (TPSA) is 181 Å². The fraction of sp³-hybridized carbons (Fsp3) is 0.513. The number of carbonyl (C=O) groups is 3. The first kappa shape index (κ1) is 41.0. The Morgan fingerprint density at radius 1 is 1.15 bits per heavy atom. The summed E-state index contributed by atoms with van der Waals surface area (Å²) >= 11 is 0. The van der Waals surface area contributed by atoms with E-state index in [0.717, 1.165) is 58.4 Å². The number of amides is 2. The number of hydrazine groups is 1. The maximum Gasteiger partial charge on any atom is 0.408 e. The molecule has 4 N–H and O–H groups in total. The van der Waals surface area contributed by atoms with E-state index >= 15 is 0 Å². The molecule has 1 aromatic carbocycles. The molecule has 0 aliphatic carbocycles. The standard InChI is InChI=1S/C38H52N6O6.CH2O2/c1-9-43-30-15-14-25(19-27(30)28(21-38(6,7)23-45)34(43)26-13-12-16-39-33(26)24(2)48-8)31-22-40-32(49-31)20-29(42-36(47)50-37(3,4)5)35(46)44-18-11-10-17-41-44;2-1-3/h12-16,19,22,24,29,41,45H,9-11,17-18,20-21,23H2,1-8H3,(H,42,47);1H,(H,2,3)/t24-,29-;/m0./s1. The van der Waals surface area contributed by atoms with Crippen LogP contribution in [0.5, 0.6) is 0 Å². The lowest BCUT2D eigenvalue weighted by Gasteiger charge is -2.31. The summed E-state index contributed by atoms with van der Waals surface area (Å²) in [6, 6.07) is 9.28. The molecule has 0 unspecified atom stereocenters. The van der Waals surface area contributed by atoms with Gasteiger partial charge in [-0.3, -0.25) is 19.6 Å². The fourth-order valence-electron chi connectivity index (χ4n) is 6.41. The molecule has 1 aliphatic rings. The molecule has 1 aliphatic heterocycles. The van der Waals surface area contributed by atoms with Crippen LogP contribution in [0, 0.1) is 5.41 Å². The number of aliphatic hydroxyl groups excluding tert-OH is 1. The lowest BCUT2D eigenvalue weighted by atomic mass is 9.84. The summed E-state index contributed by atoms with van der Waals surface area (Å²) < 4.78 is 19.8. The number of alkyl carbamates (subject to hydrolysis) is 1. The number of carboxylic acid groups (broad SMARTS) is 1. The number of aryl methyl sites for hydroxylation is 1. The van der Waals surface area contributed by atoms with Crippen LogP contribution in [-0.2, 0) is 38.4 Å². The molecule has 0 radical (unpaired) electrons. The summed E-state index contributed by atoms with van der Waals surface area (Å²) in [6.45, 7) is 15.3. The minimum Gasteiger partial charge on any atom is -0.483 e. The SMILES string of the molecule is CCn1c(-c2cccnc2[C@H](C)OC)c(CC(C)(C)CO)c2cc(-c3cnc(C[C@H](NC(=O)OC(C)(C)C)C(=O)N4CCCCN4)o3)ccc21.O=CO. The Bertz CT molecular complexity index is 1850. The zero-order valence-electron chi connectivity index (χ0n) is 32.1. The zero-order valence-corrected chi connectivity index (χ0v) is 32.1. The molecule has 53 heavy (non-hydrogen) atoms. The molecule has 14 heteroatoms. The van der Waals surface area contributed by atoms with E-state index in [1.54, 1.807) is 45.3 Å². The number of rotatable bonds is 12. The van der Waals surface area contributed by atoms with Crippen molar-refractivity contribution in [2.24, 2.45) is 5.41 Å². The number of benzene rings is 1. The maximum absolute atomic E-state index is 13.6. The number of hydrogen-bond donors (Lipinski definition) is 4. The second kappa shape index (κ2) is 17.8. The van der Waals surface area contributed by atoms with Gasteiger partial charge < -0.3 is 34.0 Å². The predicted octanol–water partition coefficient (Wildman–Crippen LogP) is 5.91. The number of carbonyl (C=O) groups excluding carboxylic acids is 2. The third kappa shape index (κ3) is 10.2. The summed E-state index contributed by atoms with van der Waals surface area (Å²) in [7, 11) is 1.68. The van der Waals surface area contributed by atoms with Crippen molar-refractivity contribution >= 4 is 29.4 Å². The summed E-state index contributed by atoms with van der Waals surface area (Å²) in [5.74, 6) is 0.571. The molecule has 2 amide bonds. The summed E-state index contributed by atoms with van der Waals surface area (Å²) in [5, 5.41) is 22.6. The van der Waals surface area contributed by atoms with Gasteiger partial charge in [-0.15, -0.1) is 0 Å². The summed E-state index contributed by atoms with van der Waals surface area (Å²) in [4.78, 5) is 44.0. The minimum atomic E-state index is -0.943. The van der Waals surface area contributed by atoms with E-state index in [1.165, 1.54) is 0 Å². The quantitative estimate of drug-likeness (QED) is 0.127. The van der Waals surface area contributed by atoms with Gasteiger partial charge in [0.1, 0.15) is 11.6 Å². The molecule has 4 aromatic rings. The normalized spacial score (nSPS) is 14.6. The second-order valence-corrected chi connectivity index (χ2v) is 14.8. The molecule has 4 heterocycles. The Labute approximate surface area is 310 Å². The Hall–Kier alpha value is -4.79. The molecule has 1 fully saturated rings. The molecule has 0 spiro atoms. The number of nitrogens with one attached hydrogen (secondary N) is 2. The molecular formula is C39H54N6O8. The van der Waals surface area contributed by atoms with Crippen LogP contribution in [0.2, 0.25) is 0 Å². The van der Waals surface area contributed by atoms with Gasteiger partial charge in [0.15, 0.2) is 11.7 Å². The first-order valence-corrected chi connectivity index (χ1v) is 18.0. The van der Waals surface area contributed by atoms with E-state index in [2.05, 4.69) is 59.3 Å². The number of hydrogen-bond acceptors (Lipinski definition) is 10. The van der Waals surface area contributed by atoms with E-state index in [9.17, 15) is 14.7 Å². The van der Waals surface area contributed by atoms with E-state index in [1.807, 2.05) is 19.1 Å². The molecule has 5 rings (SSSR count). The maximum atomic E-state index is 13.6. The first-order chi connectivity index (χ1) is 25.2. The number of nitrogens with zero attached hydrogens (tertiary/aromatic N) is 4. The van der Waals surface area contributed by atoms with E-state index in [-0.39, 0.29) is 31.5 Å². The Morgan fingerprint density at radius 3 is 2.51 bits per heavy atom. The molecule has 2 atom stereocenters. The zero-order chi connectivity index (χ0) is 38.9. The van der Waals surface area contributed by atoms with Gasteiger partial charge >= 0.3 is 6.09 Å². The number of methoxy groups -OCH3 is 1. The van der Waals surface area contributed by atoms with Crippen molar-refractivity contribution in [3.8, 4) is 22.6 Å². The minimum absolute atomic E-state index is 0.0227. The lowest BCUT2D eigenvalue weighted by molar-refractivity contribution is -0.138. The van der Waals surface area contributed by atoms with Crippen molar-refractivity contribution < 1.29 is 38.5 Å². The second-order valence-electron chi connectivity index (χ2n) is 14.8. The average Bonchev–Trinajstić information content (AvgIpc) is 3.72. The number of ether oxygens (including phenoxy) is 2. The summed E-state index contributed by atoms with van der Waals surface area (Å²) in [6.07, 6.45) is 5.04. The van der Waals surface area contributed by atoms with Gasteiger partial charge in [-0.2, -0.15) is 0 Å². The van der Waals surface area contributed by atoms with Crippen molar-refractivity contribution in [1.82, 2.24) is 30.3 Å². The van der Waals surface area contributed by atoms with Crippen LogP contribution < -0.4 is 10.7 Å². The molecule has 1 saturated heterocycles. The van der Waals surface area contributed by atoms with Crippen LogP contribution in [0.15, 0.2) is 47.1 Å². The fourth-order valence-corrected chi connectivity index (χ4v) is 6.41. The molecule has 0 saturated carbocycles. The Balaban J connectivity index is 0.00000202. The smallest absolute Gasteiger partial charge is 0.408 e. The number of aliphatic hydroxyl groups is 1. The highest BCUT2D eigenvalue weighted by Crippen LogP contribution is 2.41. The number of oxazole rings is 1. The van der Waals surface area contributed by atoms with E-state index in [0.29, 0.717) is 31.2 Å². The van der Waals surface area contributed by atoms with Gasteiger partial charge in [0, 0.05) is 61.6 Å². The molecule has 0 bridgehead atoms. The van der Waals surface area contributed by atoms with Crippen LogP contribution in [-0.4, -0.2) is 86.7 Å². The van der Waals surface area contributed by atoms with Gasteiger partial charge in [-0.05, 0) is 95.2 Å². The third-order valence-electron chi connectivity index (χ3n) is 8.98. The average molecular weight is 735 g/mol. The van der Waals surface area contributed by atoms with Gasteiger partial charge in [0.25, 0.3) is 12.4 Å². The summed E-state index contributed by atoms with van der Waals surface area (Å²) in [5.41, 5.74) is 7.86. The monoisotopic (exact) mass is 734 g/mol. The highest BCUT2D eigenvalue weighted by Gasteiger charge is 2.32. The van der Waals surface area contributed by atoms with E-state index in [4.69, 9.17) is 28.8 Å². The highest BCUT2D eigenvalue weighted by molar-refractivity contribution is 5.95. The van der Waals surface area contributed by atoms with Crippen LogP contribution in [0.25, 0.3) is 33.5 Å². The molecule has 3 aromatic heterocycles. The van der Waals surface area contributed by atoms with Crippen molar-refractivity contribution in [3.63, 3.8) is 0 Å². The largest absolute Gasteiger partial charge is 0.483 e. The Kier molecular flexibility index (Phi) is 13.8. The van der Waals surface area contributed by atoms with Crippen molar-refractivity contribution in [2.45, 2.75) is 98.4 Å². The molecule has 14 nitrogen and oxygen atoms in total. The van der Waals surface area contributed by atoms with Gasteiger partial charge in [0.05, 0.1) is 30.1 Å². The number of aromatic nitrogens is 3. The number of pyridine rings is 1. The first-order valence-electron chi connectivity index (χ1n) is 18.0.